The first kappa shape index (κ1) is 19.7. The van der Waals surface area contributed by atoms with E-state index in [1.807, 2.05) is 6.92 Å². The van der Waals surface area contributed by atoms with Crippen LogP contribution in [0.5, 0.6) is 0 Å². The van der Waals surface area contributed by atoms with Crippen LogP contribution in [0.3, 0.4) is 0 Å². The smallest absolute Gasteiger partial charge is 0.371 e. The van der Waals surface area contributed by atoms with Crippen molar-refractivity contribution in [3.8, 4) is 0 Å². The van der Waals surface area contributed by atoms with Crippen LogP contribution in [0.25, 0.3) is 11.3 Å². The van der Waals surface area contributed by atoms with Gasteiger partial charge in [0.15, 0.2) is 0 Å². The maximum absolute atomic E-state index is 12.1. The molecule has 3 heterocycles. The zero-order valence-corrected chi connectivity index (χ0v) is 16.4. The van der Waals surface area contributed by atoms with Gasteiger partial charge in [0.2, 0.25) is 5.76 Å². The predicted molar refractivity (Wildman–Crippen MR) is 103 cm³/mol. The molecule has 0 saturated carbocycles. The quantitative estimate of drug-likeness (QED) is 0.678. The summed E-state index contributed by atoms with van der Waals surface area (Å²) < 4.78 is 22.6. The molecule has 1 saturated heterocycles. The van der Waals surface area contributed by atoms with E-state index in [2.05, 4.69) is 4.90 Å². The number of ether oxygens (including phenoxy) is 3. The summed E-state index contributed by atoms with van der Waals surface area (Å²) in [6.07, 6.45) is 2.91. The Morgan fingerprint density at radius 2 is 2.14 bits per heavy atom. The molecule has 1 N–H and O–H groups in total. The Morgan fingerprint density at radius 3 is 2.86 bits per heavy atom. The molecule has 156 valence electrons. The van der Waals surface area contributed by atoms with Gasteiger partial charge in [-0.15, -0.1) is 0 Å². The molecule has 2 aliphatic heterocycles. The molecule has 0 bridgehead atoms. The summed E-state index contributed by atoms with van der Waals surface area (Å²) in [5.74, 6) is -0.599. The number of carbonyl (C=O) groups is 1. The van der Waals surface area contributed by atoms with Crippen molar-refractivity contribution in [2.75, 3.05) is 39.5 Å². The number of morpholine rings is 1. The van der Waals surface area contributed by atoms with Crippen LogP contribution in [0.15, 0.2) is 27.1 Å². The van der Waals surface area contributed by atoms with Crippen molar-refractivity contribution < 1.29 is 28.5 Å². The molecule has 0 aromatic carbocycles. The van der Waals surface area contributed by atoms with E-state index in [0.717, 1.165) is 50.1 Å². The summed E-state index contributed by atoms with van der Waals surface area (Å²) in [5.41, 5.74) is 1.37. The Balaban J connectivity index is 1.73. The second-order valence-corrected chi connectivity index (χ2v) is 7.35. The second kappa shape index (κ2) is 8.42. The average Bonchev–Trinajstić information content (AvgIpc) is 3.13. The lowest BCUT2D eigenvalue weighted by molar-refractivity contribution is -0.136. The highest BCUT2D eigenvalue weighted by atomic mass is 16.5. The maximum atomic E-state index is 12.1. The molecular formula is C21H25NO7. The predicted octanol–water partition coefficient (Wildman–Crippen LogP) is -0.0290. The van der Waals surface area contributed by atoms with Gasteiger partial charge in [0.25, 0.3) is 0 Å². The van der Waals surface area contributed by atoms with E-state index in [0.29, 0.717) is 36.2 Å². The van der Waals surface area contributed by atoms with Crippen molar-refractivity contribution in [3.05, 3.63) is 44.5 Å². The van der Waals surface area contributed by atoms with Crippen LogP contribution < -0.4 is 16.3 Å². The van der Waals surface area contributed by atoms with Crippen molar-refractivity contribution in [1.82, 2.24) is 4.90 Å². The zero-order valence-electron chi connectivity index (χ0n) is 16.4. The Bertz CT molecular complexity index is 1000. The fourth-order valence-electron chi connectivity index (χ4n) is 4.00. The third kappa shape index (κ3) is 4.09. The average molecular weight is 403 g/mol. The minimum atomic E-state index is -1.14. The summed E-state index contributed by atoms with van der Waals surface area (Å²) in [4.78, 5) is 25.8. The number of carboxylic acid groups (broad SMARTS) is 1. The molecule has 1 aromatic rings. The molecule has 29 heavy (non-hydrogen) atoms. The van der Waals surface area contributed by atoms with E-state index in [9.17, 15) is 14.7 Å². The normalized spacial score (nSPS) is 21.3. The highest BCUT2D eigenvalue weighted by molar-refractivity contribution is 5.89. The molecule has 1 aliphatic carbocycles. The number of aliphatic carboxylic acids is 1. The van der Waals surface area contributed by atoms with Gasteiger partial charge in [-0.3, -0.25) is 4.90 Å². The van der Waals surface area contributed by atoms with Crippen molar-refractivity contribution in [2.45, 2.75) is 32.3 Å². The first-order valence-electron chi connectivity index (χ1n) is 10.0. The summed E-state index contributed by atoms with van der Waals surface area (Å²) in [6, 6.07) is 1.51. The third-order valence-electron chi connectivity index (χ3n) is 5.38. The lowest BCUT2D eigenvalue weighted by Gasteiger charge is -2.27. The van der Waals surface area contributed by atoms with Crippen LogP contribution in [0.1, 0.15) is 25.3 Å². The largest absolute Gasteiger partial charge is 0.496 e. The minimum absolute atomic E-state index is 0.144. The van der Waals surface area contributed by atoms with Gasteiger partial charge in [-0.25, -0.2) is 9.59 Å². The molecule has 0 spiro atoms. The van der Waals surface area contributed by atoms with Crippen molar-refractivity contribution in [2.24, 2.45) is 0 Å². The van der Waals surface area contributed by atoms with E-state index < -0.39 is 17.7 Å². The van der Waals surface area contributed by atoms with E-state index in [1.165, 1.54) is 12.1 Å². The Morgan fingerprint density at radius 1 is 1.34 bits per heavy atom. The van der Waals surface area contributed by atoms with Crippen molar-refractivity contribution in [3.63, 3.8) is 0 Å². The fraction of sp³-hybridized carbons (Fsp3) is 0.524. The van der Waals surface area contributed by atoms with E-state index in [4.69, 9.17) is 18.6 Å². The van der Waals surface area contributed by atoms with Crippen LogP contribution >= 0.6 is 0 Å². The maximum Gasteiger partial charge on any atom is 0.371 e. The Hall–Kier alpha value is -2.58. The summed E-state index contributed by atoms with van der Waals surface area (Å²) in [6.45, 7) is 6.50. The van der Waals surface area contributed by atoms with Gasteiger partial charge in [-0.2, -0.15) is 0 Å². The number of hydrogen-bond acceptors (Lipinski definition) is 7. The van der Waals surface area contributed by atoms with Gasteiger partial charge in [-0.05, 0) is 18.1 Å². The standard InChI is InChI=1S/C21H25NO7/c1-2-3-13-10-18(23)29-20-14-11-17(21(24)25)28-15(14)12-16(19(13)20)27-9-6-22-4-7-26-8-5-22/h10-11,15H,2-9,12H2,1H3,(H,24,25). The van der Waals surface area contributed by atoms with Crippen molar-refractivity contribution >= 4 is 17.3 Å². The summed E-state index contributed by atoms with van der Waals surface area (Å²) >= 11 is 0. The van der Waals surface area contributed by atoms with Gasteiger partial charge in [0, 0.05) is 37.7 Å². The van der Waals surface area contributed by atoms with Crippen LogP contribution in [-0.4, -0.2) is 61.5 Å². The first-order valence-corrected chi connectivity index (χ1v) is 10.0. The van der Waals surface area contributed by atoms with E-state index in [-0.39, 0.29) is 5.76 Å². The van der Waals surface area contributed by atoms with Crippen molar-refractivity contribution in [1.29, 1.82) is 0 Å². The first-order chi connectivity index (χ1) is 14.1. The minimum Gasteiger partial charge on any atom is -0.496 e. The summed E-state index contributed by atoms with van der Waals surface area (Å²) in [7, 11) is 0. The van der Waals surface area contributed by atoms with Crippen LogP contribution in [0, 0.1) is 0 Å². The number of carboxylic acids is 1. The molecule has 3 aliphatic rings. The molecule has 1 unspecified atom stereocenters. The number of rotatable bonds is 7. The second-order valence-electron chi connectivity index (χ2n) is 7.35. The molecule has 1 aromatic heterocycles. The number of hydrogen-bond donors (Lipinski definition) is 1. The number of aryl methyl sites for hydroxylation is 1. The lowest BCUT2D eigenvalue weighted by atomic mass is 9.96. The molecule has 1 fully saturated rings. The van der Waals surface area contributed by atoms with E-state index in [1.54, 1.807) is 0 Å². The molecule has 8 nitrogen and oxygen atoms in total. The topological polar surface area (TPSA) is 98.4 Å². The van der Waals surface area contributed by atoms with Gasteiger partial charge >= 0.3 is 11.6 Å². The Labute approximate surface area is 167 Å². The van der Waals surface area contributed by atoms with Gasteiger partial charge in [0.05, 0.1) is 18.4 Å². The molecule has 0 amide bonds. The zero-order chi connectivity index (χ0) is 20.4. The van der Waals surface area contributed by atoms with Gasteiger partial charge in [-0.1, -0.05) is 13.3 Å². The molecular weight excluding hydrogens is 378 g/mol. The highest BCUT2D eigenvalue weighted by Gasteiger charge is 2.34. The Kier molecular flexibility index (Phi) is 5.73. The monoisotopic (exact) mass is 403 g/mol. The fourth-order valence-corrected chi connectivity index (χ4v) is 4.00. The molecule has 0 radical (unpaired) electrons. The molecule has 4 rings (SSSR count). The SMILES string of the molecule is CCCc1cc(=O)oc2c1=C(OCCN1CCOCC1)CC1OC(C(=O)O)=CC=21. The number of nitrogens with zero attached hydrogens (tertiary/aromatic N) is 1. The third-order valence-corrected chi connectivity index (χ3v) is 5.38. The lowest BCUT2D eigenvalue weighted by Crippen LogP contribution is -2.43. The van der Waals surface area contributed by atoms with Crippen LogP contribution in [0.2, 0.25) is 0 Å². The van der Waals surface area contributed by atoms with Gasteiger partial charge < -0.3 is 23.7 Å². The van der Waals surface area contributed by atoms with Gasteiger partial charge in [0.1, 0.15) is 23.9 Å². The molecule has 8 heteroatoms. The van der Waals surface area contributed by atoms with E-state index >= 15 is 0 Å². The summed E-state index contributed by atoms with van der Waals surface area (Å²) in [5, 5.41) is 10.1. The van der Waals surface area contributed by atoms with Crippen LogP contribution in [0.4, 0.5) is 0 Å². The highest BCUT2D eigenvalue weighted by Crippen LogP contribution is 2.30. The molecule has 1 atom stereocenters. The van der Waals surface area contributed by atoms with Crippen LogP contribution in [-0.2, 0) is 25.4 Å². The number of fused-ring (bicyclic) bond motifs is 2.